The first kappa shape index (κ1) is 18.8. The summed E-state index contributed by atoms with van der Waals surface area (Å²) in [5.74, 6) is 0.561. The number of amides is 1. The van der Waals surface area contributed by atoms with E-state index in [4.69, 9.17) is 16.0 Å². The summed E-state index contributed by atoms with van der Waals surface area (Å²) in [5, 5.41) is 0.464. The lowest BCUT2D eigenvalue weighted by atomic mass is 10.1. The molecule has 0 bridgehead atoms. The minimum atomic E-state index is -3.80. The molecule has 0 radical (unpaired) electrons. The molecule has 0 saturated carbocycles. The Morgan fingerprint density at radius 2 is 1.89 bits per heavy atom. The van der Waals surface area contributed by atoms with Crippen molar-refractivity contribution in [3.8, 4) is 0 Å². The van der Waals surface area contributed by atoms with Gasteiger partial charge >= 0.3 is 0 Å². The number of piperazine rings is 1. The Bertz CT molecular complexity index is 1080. The van der Waals surface area contributed by atoms with Gasteiger partial charge in [-0.15, -0.1) is 4.40 Å². The van der Waals surface area contributed by atoms with Crippen molar-refractivity contribution in [1.82, 2.24) is 9.80 Å². The van der Waals surface area contributed by atoms with Gasteiger partial charge in [0.1, 0.15) is 10.7 Å². The minimum absolute atomic E-state index is 0.169. The molecule has 0 atom stereocenters. The third kappa shape index (κ3) is 3.33. The first-order chi connectivity index (χ1) is 13.4. The van der Waals surface area contributed by atoms with Crippen LogP contribution in [0.25, 0.3) is 4.91 Å². The van der Waals surface area contributed by atoms with Gasteiger partial charge in [0.2, 0.25) is 0 Å². The molecule has 0 N–H and O–H groups in total. The van der Waals surface area contributed by atoms with Gasteiger partial charge in [0.15, 0.2) is 5.76 Å². The summed E-state index contributed by atoms with van der Waals surface area (Å²) in [6.07, 6.45) is 1.47. The normalized spacial score (nSPS) is 19.1. The van der Waals surface area contributed by atoms with E-state index in [1.807, 2.05) is 4.90 Å². The lowest BCUT2D eigenvalue weighted by molar-refractivity contribution is 0.0660. The predicted molar refractivity (Wildman–Crippen MR) is 107 cm³/mol. The second kappa shape index (κ2) is 7.10. The van der Waals surface area contributed by atoms with Crippen molar-refractivity contribution in [3.05, 3.63) is 64.6 Å². The number of amidine groups is 1. The maximum absolute atomic E-state index is 12.7. The topological polar surface area (TPSA) is 83.2 Å². The Labute approximate surface area is 168 Å². The zero-order valence-corrected chi connectivity index (χ0v) is 16.7. The molecule has 1 amide bonds. The van der Waals surface area contributed by atoms with Crippen LogP contribution in [0, 0.1) is 0 Å². The number of carbonyl (C=O) groups excluding carboxylic acids is 1. The van der Waals surface area contributed by atoms with Gasteiger partial charge in [0, 0.05) is 36.8 Å². The largest absolute Gasteiger partial charge is 0.459 e. The number of hydrogen-bond acceptors (Lipinski definition) is 5. The molecule has 28 heavy (non-hydrogen) atoms. The Hall–Kier alpha value is -2.58. The van der Waals surface area contributed by atoms with Crippen LogP contribution in [-0.2, 0) is 10.0 Å². The van der Waals surface area contributed by atoms with Gasteiger partial charge < -0.3 is 14.2 Å². The van der Waals surface area contributed by atoms with Gasteiger partial charge in [-0.2, -0.15) is 8.42 Å². The van der Waals surface area contributed by atoms with Crippen LogP contribution in [0.3, 0.4) is 0 Å². The molecule has 1 saturated heterocycles. The Morgan fingerprint density at radius 1 is 1.14 bits per heavy atom. The lowest BCUT2D eigenvalue weighted by Gasteiger charge is -2.35. The number of sulfonamides is 1. The van der Waals surface area contributed by atoms with Crippen LogP contribution in [0.15, 0.2) is 57.0 Å². The monoisotopic (exact) mass is 419 g/mol. The van der Waals surface area contributed by atoms with Gasteiger partial charge in [-0.05, 0) is 36.8 Å². The second-order valence-electron chi connectivity index (χ2n) is 6.61. The molecule has 2 aliphatic heterocycles. The van der Waals surface area contributed by atoms with E-state index in [2.05, 4.69) is 4.40 Å². The van der Waals surface area contributed by atoms with Crippen molar-refractivity contribution in [2.45, 2.75) is 6.92 Å². The van der Waals surface area contributed by atoms with Gasteiger partial charge in [-0.25, -0.2) is 0 Å². The van der Waals surface area contributed by atoms with E-state index < -0.39 is 10.0 Å². The highest BCUT2D eigenvalue weighted by Gasteiger charge is 2.35. The molecular weight excluding hydrogens is 402 g/mol. The first-order valence-corrected chi connectivity index (χ1v) is 10.6. The van der Waals surface area contributed by atoms with E-state index in [-0.39, 0.29) is 10.8 Å². The van der Waals surface area contributed by atoms with Crippen molar-refractivity contribution in [1.29, 1.82) is 0 Å². The molecule has 3 heterocycles. The van der Waals surface area contributed by atoms with Crippen molar-refractivity contribution in [3.63, 3.8) is 0 Å². The maximum Gasteiger partial charge on any atom is 0.289 e. The molecule has 4 rings (SSSR count). The summed E-state index contributed by atoms with van der Waals surface area (Å²) in [5.41, 5.74) is 1.11. The Morgan fingerprint density at radius 3 is 2.54 bits per heavy atom. The molecule has 146 valence electrons. The molecule has 2 aliphatic rings. The van der Waals surface area contributed by atoms with E-state index in [1.54, 1.807) is 48.2 Å². The number of benzene rings is 1. The van der Waals surface area contributed by atoms with Gasteiger partial charge in [-0.1, -0.05) is 23.7 Å². The highest BCUT2D eigenvalue weighted by atomic mass is 35.5. The SMILES string of the molecule is CC1=C(c2cccc(Cl)c2)S(=O)(=O)N=C1N1CCN(C(=O)c2ccco2)CC1. The summed E-state index contributed by atoms with van der Waals surface area (Å²) in [7, 11) is -3.80. The molecule has 1 fully saturated rings. The van der Waals surface area contributed by atoms with E-state index in [1.165, 1.54) is 6.26 Å². The summed E-state index contributed by atoms with van der Waals surface area (Å²) < 4.78 is 34.5. The Balaban J connectivity index is 1.55. The van der Waals surface area contributed by atoms with Crippen molar-refractivity contribution in [2.24, 2.45) is 4.40 Å². The summed E-state index contributed by atoms with van der Waals surface area (Å²) in [6.45, 7) is 3.64. The van der Waals surface area contributed by atoms with Crippen LogP contribution in [0.5, 0.6) is 0 Å². The average molecular weight is 420 g/mol. The van der Waals surface area contributed by atoms with Crippen LogP contribution >= 0.6 is 11.6 Å². The third-order valence-corrected chi connectivity index (χ3v) is 6.53. The van der Waals surface area contributed by atoms with E-state index >= 15 is 0 Å². The maximum atomic E-state index is 12.7. The number of halogens is 1. The predicted octanol–water partition coefficient (Wildman–Crippen LogP) is 2.86. The molecule has 0 unspecified atom stereocenters. The quantitative estimate of drug-likeness (QED) is 0.747. The Kier molecular flexibility index (Phi) is 4.76. The van der Waals surface area contributed by atoms with Gasteiger partial charge in [-0.3, -0.25) is 4.79 Å². The fourth-order valence-corrected chi connectivity index (χ4v) is 5.16. The van der Waals surface area contributed by atoms with Gasteiger partial charge in [0.25, 0.3) is 15.9 Å². The number of carbonyl (C=O) groups is 1. The highest BCUT2D eigenvalue weighted by molar-refractivity contribution is 8.00. The molecule has 9 heteroatoms. The standard InChI is InChI=1S/C19H18ClN3O4S/c1-13-17(14-4-2-5-15(20)12-14)28(25,26)21-18(13)22-7-9-23(10-8-22)19(24)16-6-3-11-27-16/h2-6,11-12H,7-10H2,1H3. The van der Waals surface area contributed by atoms with Crippen LogP contribution in [0.1, 0.15) is 23.0 Å². The minimum Gasteiger partial charge on any atom is -0.459 e. The van der Waals surface area contributed by atoms with Crippen molar-refractivity contribution in [2.75, 3.05) is 26.2 Å². The molecule has 1 aromatic heterocycles. The molecule has 1 aromatic carbocycles. The zero-order valence-electron chi connectivity index (χ0n) is 15.1. The molecular formula is C19H18ClN3O4S. The van der Waals surface area contributed by atoms with Crippen molar-refractivity contribution < 1.29 is 17.6 Å². The number of furan rings is 1. The number of hydrogen-bond donors (Lipinski definition) is 0. The number of nitrogens with zero attached hydrogens (tertiary/aromatic N) is 3. The third-order valence-electron chi connectivity index (χ3n) is 4.83. The molecule has 0 aliphatic carbocycles. The van der Waals surface area contributed by atoms with Crippen molar-refractivity contribution >= 4 is 38.3 Å². The second-order valence-corrected chi connectivity index (χ2v) is 8.59. The molecule has 2 aromatic rings. The fraction of sp³-hybridized carbons (Fsp3) is 0.263. The lowest BCUT2D eigenvalue weighted by Crippen LogP contribution is -2.50. The van der Waals surface area contributed by atoms with Gasteiger partial charge in [0.05, 0.1) is 6.26 Å². The zero-order chi connectivity index (χ0) is 19.9. The highest BCUT2D eigenvalue weighted by Crippen LogP contribution is 2.34. The molecule has 7 nitrogen and oxygen atoms in total. The van der Waals surface area contributed by atoms with Crippen LogP contribution in [-0.4, -0.2) is 56.1 Å². The first-order valence-electron chi connectivity index (χ1n) is 8.77. The van der Waals surface area contributed by atoms with Crippen LogP contribution in [0.2, 0.25) is 5.02 Å². The summed E-state index contributed by atoms with van der Waals surface area (Å²) in [6, 6.07) is 10.0. The number of rotatable bonds is 2. The summed E-state index contributed by atoms with van der Waals surface area (Å²) in [4.78, 5) is 16.2. The van der Waals surface area contributed by atoms with Crippen LogP contribution in [0.4, 0.5) is 0 Å². The van der Waals surface area contributed by atoms with E-state index in [0.717, 1.165) is 0 Å². The average Bonchev–Trinajstić information content (AvgIpc) is 3.27. The van der Waals surface area contributed by atoms with Crippen LogP contribution < -0.4 is 0 Å². The smallest absolute Gasteiger partial charge is 0.289 e. The molecule has 0 spiro atoms. The fourth-order valence-electron chi connectivity index (χ4n) is 3.49. The van der Waals surface area contributed by atoms with E-state index in [0.29, 0.717) is 53.9 Å². The van der Waals surface area contributed by atoms with E-state index in [9.17, 15) is 13.2 Å². The summed E-state index contributed by atoms with van der Waals surface area (Å²) >= 11 is 6.03.